The second-order valence-electron chi connectivity index (χ2n) is 3.73. The van der Waals surface area contributed by atoms with Crippen LogP contribution in [-0.2, 0) is 14.9 Å². The maximum Gasteiger partial charge on any atom is 0.318 e. The molecule has 16 heavy (non-hydrogen) atoms. The van der Waals surface area contributed by atoms with Gasteiger partial charge in [0.2, 0.25) is 0 Å². The van der Waals surface area contributed by atoms with Gasteiger partial charge in [-0.05, 0) is 17.7 Å². The van der Waals surface area contributed by atoms with Gasteiger partial charge in [-0.15, -0.1) is 0 Å². The van der Waals surface area contributed by atoms with E-state index in [1.807, 2.05) is 0 Å². The number of carboxylic acid groups (broad SMARTS) is 1. The Bertz CT molecular complexity index is 426. The molecular weight excluding hydrogens is 232 g/mol. The Hall–Kier alpha value is -1.26. The van der Waals surface area contributed by atoms with Gasteiger partial charge >= 0.3 is 5.97 Å². The quantitative estimate of drug-likeness (QED) is 0.877. The number of benzene rings is 1. The number of rotatable bonds is 3. The summed E-state index contributed by atoms with van der Waals surface area (Å²) in [6.07, 6.45) is 0. The van der Waals surface area contributed by atoms with Gasteiger partial charge < -0.3 is 14.6 Å². The summed E-state index contributed by atoms with van der Waals surface area (Å²) in [5.41, 5.74) is -0.298. The first-order valence-electron chi connectivity index (χ1n) is 4.75. The molecule has 0 amide bonds. The third-order valence-electron chi connectivity index (χ3n) is 2.81. The van der Waals surface area contributed by atoms with Crippen LogP contribution in [0, 0.1) is 0 Å². The normalized spacial score (nSPS) is 17.6. The van der Waals surface area contributed by atoms with Crippen LogP contribution in [-0.4, -0.2) is 31.4 Å². The van der Waals surface area contributed by atoms with Crippen molar-refractivity contribution in [1.82, 2.24) is 0 Å². The largest absolute Gasteiger partial charge is 0.495 e. The van der Waals surface area contributed by atoms with Crippen LogP contribution in [0.1, 0.15) is 5.56 Å². The highest BCUT2D eigenvalue weighted by Crippen LogP contribution is 2.36. The predicted octanol–water partition coefficient (Wildman–Crippen LogP) is 1.70. The van der Waals surface area contributed by atoms with Gasteiger partial charge in [0.1, 0.15) is 11.2 Å². The third kappa shape index (κ3) is 1.54. The molecule has 4 nitrogen and oxygen atoms in total. The molecule has 0 spiro atoms. The van der Waals surface area contributed by atoms with Crippen molar-refractivity contribution in [2.45, 2.75) is 5.41 Å². The lowest BCUT2D eigenvalue weighted by molar-refractivity contribution is -0.163. The van der Waals surface area contributed by atoms with Crippen molar-refractivity contribution in [3.05, 3.63) is 28.8 Å². The summed E-state index contributed by atoms with van der Waals surface area (Å²) in [5, 5.41) is 9.61. The molecule has 0 aromatic heterocycles. The smallest absolute Gasteiger partial charge is 0.318 e. The lowest BCUT2D eigenvalue weighted by Crippen LogP contribution is -2.53. The molecule has 1 aliphatic heterocycles. The molecule has 0 atom stereocenters. The van der Waals surface area contributed by atoms with Crippen molar-refractivity contribution in [3.63, 3.8) is 0 Å². The second kappa shape index (κ2) is 3.96. The fourth-order valence-electron chi connectivity index (χ4n) is 1.68. The molecule has 86 valence electrons. The maximum atomic E-state index is 11.2. The third-order valence-corrected chi connectivity index (χ3v) is 3.11. The Kier molecular flexibility index (Phi) is 2.78. The summed E-state index contributed by atoms with van der Waals surface area (Å²) in [4.78, 5) is 11.2. The second-order valence-corrected chi connectivity index (χ2v) is 4.14. The molecule has 1 heterocycles. The Balaban J connectivity index is 2.40. The minimum Gasteiger partial charge on any atom is -0.495 e. The van der Waals surface area contributed by atoms with E-state index in [0.29, 0.717) is 16.3 Å². The van der Waals surface area contributed by atoms with Gasteiger partial charge in [-0.25, -0.2) is 0 Å². The van der Waals surface area contributed by atoms with E-state index in [4.69, 9.17) is 21.1 Å². The first-order chi connectivity index (χ1) is 7.60. The van der Waals surface area contributed by atoms with Gasteiger partial charge in [-0.2, -0.15) is 0 Å². The van der Waals surface area contributed by atoms with E-state index in [2.05, 4.69) is 0 Å². The molecule has 1 N–H and O–H groups in total. The zero-order chi connectivity index (χ0) is 11.8. The number of hydrogen-bond acceptors (Lipinski definition) is 3. The lowest BCUT2D eigenvalue weighted by Gasteiger charge is -2.37. The van der Waals surface area contributed by atoms with Crippen LogP contribution in [0.3, 0.4) is 0 Å². The number of hydrogen-bond donors (Lipinski definition) is 1. The summed E-state index contributed by atoms with van der Waals surface area (Å²) in [6, 6.07) is 5.00. The van der Waals surface area contributed by atoms with E-state index in [0.717, 1.165) is 0 Å². The first-order valence-corrected chi connectivity index (χ1v) is 5.13. The van der Waals surface area contributed by atoms with E-state index in [9.17, 15) is 9.90 Å². The van der Waals surface area contributed by atoms with Gasteiger partial charge in [-0.3, -0.25) is 4.79 Å². The average molecular weight is 243 g/mol. The molecule has 1 aromatic rings. The molecule has 1 aromatic carbocycles. The van der Waals surface area contributed by atoms with Crippen LogP contribution in [0.5, 0.6) is 5.75 Å². The van der Waals surface area contributed by atoms with Gasteiger partial charge in [0.05, 0.1) is 25.3 Å². The predicted molar refractivity (Wildman–Crippen MR) is 58.1 cm³/mol. The van der Waals surface area contributed by atoms with Crippen LogP contribution in [0.4, 0.5) is 0 Å². The molecule has 0 unspecified atom stereocenters. The van der Waals surface area contributed by atoms with Gasteiger partial charge in [0.15, 0.2) is 0 Å². The van der Waals surface area contributed by atoms with E-state index < -0.39 is 11.4 Å². The monoisotopic (exact) mass is 242 g/mol. The SMILES string of the molecule is COc1ccc(C2(C(=O)O)COC2)cc1Cl. The average Bonchev–Trinajstić information content (AvgIpc) is 2.15. The number of aliphatic carboxylic acids is 1. The highest BCUT2D eigenvalue weighted by atomic mass is 35.5. The molecule has 0 aliphatic carbocycles. The molecule has 0 radical (unpaired) electrons. The summed E-state index contributed by atoms with van der Waals surface area (Å²) in [7, 11) is 1.51. The van der Waals surface area contributed by atoms with E-state index >= 15 is 0 Å². The molecule has 1 saturated heterocycles. The fraction of sp³-hybridized carbons (Fsp3) is 0.364. The maximum absolute atomic E-state index is 11.2. The Morgan fingerprint density at radius 3 is 2.62 bits per heavy atom. The van der Waals surface area contributed by atoms with Crippen LogP contribution in [0.15, 0.2) is 18.2 Å². The number of ether oxygens (including phenoxy) is 2. The van der Waals surface area contributed by atoms with E-state index in [1.165, 1.54) is 7.11 Å². The highest BCUT2D eigenvalue weighted by Gasteiger charge is 2.48. The van der Waals surface area contributed by atoms with Crippen molar-refractivity contribution < 1.29 is 19.4 Å². The van der Waals surface area contributed by atoms with Crippen molar-refractivity contribution in [1.29, 1.82) is 0 Å². The Labute approximate surface area is 97.7 Å². The minimum atomic E-state index is -0.949. The standard InChI is InChI=1S/C11H11ClO4/c1-15-9-3-2-7(4-8(9)12)11(10(13)14)5-16-6-11/h2-4H,5-6H2,1H3,(H,13,14). The first kappa shape index (κ1) is 11.2. The molecule has 2 rings (SSSR count). The highest BCUT2D eigenvalue weighted by molar-refractivity contribution is 6.32. The fourth-order valence-corrected chi connectivity index (χ4v) is 1.94. The van der Waals surface area contributed by atoms with Gasteiger partial charge in [-0.1, -0.05) is 17.7 Å². The van der Waals surface area contributed by atoms with Crippen LogP contribution >= 0.6 is 11.6 Å². The molecule has 5 heteroatoms. The molecule has 0 bridgehead atoms. The molecular formula is C11H11ClO4. The Morgan fingerprint density at radius 1 is 1.56 bits per heavy atom. The summed E-state index contributed by atoms with van der Waals surface area (Å²) < 4.78 is 10.0. The van der Waals surface area contributed by atoms with Crippen molar-refractivity contribution >= 4 is 17.6 Å². The molecule has 0 saturated carbocycles. The summed E-state index contributed by atoms with van der Waals surface area (Å²) in [5.74, 6) is -0.355. The number of carbonyl (C=O) groups is 1. The van der Waals surface area contributed by atoms with Crippen molar-refractivity contribution in [2.75, 3.05) is 20.3 Å². The zero-order valence-corrected chi connectivity index (χ0v) is 9.45. The van der Waals surface area contributed by atoms with Gasteiger partial charge in [0.25, 0.3) is 0 Å². The minimum absolute atomic E-state index is 0.186. The molecule has 1 aliphatic rings. The molecule has 1 fully saturated rings. The van der Waals surface area contributed by atoms with Crippen LogP contribution in [0.2, 0.25) is 5.02 Å². The zero-order valence-electron chi connectivity index (χ0n) is 8.70. The van der Waals surface area contributed by atoms with Crippen LogP contribution in [0.25, 0.3) is 0 Å². The van der Waals surface area contributed by atoms with Gasteiger partial charge in [0, 0.05) is 0 Å². The summed E-state index contributed by atoms with van der Waals surface area (Å²) >= 11 is 5.96. The van der Waals surface area contributed by atoms with Crippen molar-refractivity contribution in [2.24, 2.45) is 0 Å². The van der Waals surface area contributed by atoms with Crippen LogP contribution < -0.4 is 4.74 Å². The number of methoxy groups -OCH3 is 1. The summed E-state index contributed by atoms with van der Waals surface area (Å²) in [6.45, 7) is 0.371. The Morgan fingerprint density at radius 2 is 2.25 bits per heavy atom. The number of carboxylic acids is 1. The topological polar surface area (TPSA) is 55.8 Å². The van der Waals surface area contributed by atoms with E-state index in [1.54, 1.807) is 18.2 Å². The van der Waals surface area contributed by atoms with E-state index in [-0.39, 0.29) is 13.2 Å². The number of halogens is 1. The van der Waals surface area contributed by atoms with Crippen molar-refractivity contribution in [3.8, 4) is 5.75 Å². The lowest BCUT2D eigenvalue weighted by atomic mass is 9.79.